The van der Waals surface area contributed by atoms with Gasteiger partial charge in [0.05, 0.1) is 24.3 Å². The molecule has 2 aliphatic heterocycles. The lowest BCUT2D eigenvalue weighted by Gasteiger charge is -2.35. The van der Waals surface area contributed by atoms with Crippen molar-refractivity contribution in [3.8, 4) is 11.4 Å². The SMILES string of the molecule is CC(C)(C)C(=O)N1CCC2(COCc3cnc(-c4cccnc4)nc32)C1. The summed E-state index contributed by atoms with van der Waals surface area (Å²) in [5.41, 5.74) is 2.33. The summed E-state index contributed by atoms with van der Waals surface area (Å²) in [4.78, 5) is 28.3. The van der Waals surface area contributed by atoms with Gasteiger partial charge in [-0.05, 0) is 18.6 Å². The second-order valence-corrected chi connectivity index (χ2v) is 8.31. The van der Waals surface area contributed by atoms with Crippen LogP contribution >= 0.6 is 0 Å². The van der Waals surface area contributed by atoms with Gasteiger partial charge in [0, 0.05) is 48.2 Å². The topological polar surface area (TPSA) is 68.2 Å². The fourth-order valence-corrected chi connectivity index (χ4v) is 3.86. The van der Waals surface area contributed by atoms with Crippen LogP contribution < -0.4 is 0 Å². The minimum absolute atomic E-state index is 0.183. The fourth-order valence-electron chi connectivity index (χ4n) is 3.86. The first-order valence-corrected chi connectivity index (χ1v) is 9.03. The van der Waals surface area contributed by atoms with Crippen LogP contribution in [0.15, 0.2) is 30.7 Å². The van der Waals surface area contributed by atoms with Crippen LogP contribution in [-0.2, 0) is 21.6 Å². The molecule has 2 aliphatic rings. The maximum atomic E-state index is 12.7. The highest BCUT2D eigenvalue weighted by Crippen LogP contribution is 2.40. The van der Waals surface area contributed by atoms with Gasteiger partial charge in [0.2, 0.25) is 5.91 Å². The highest BCUT2D eigenvalue weighted by Gasteiger charge is 2.47. The summed E-state index contributed by atoms with van der Waals surface area (Å²) in [6, 6.07) is 3.85. The zero-order valence-corrected chi connectivity index (χ0v) is 15.5. The number of likely N-dealkylation sites (tertiary alicyclic amines) is 1. The maximum Gasteiger partial charge on any atom is 0.227 e. The van der Waals surface area contributed by atoms with Crippen LogP contribution in [0.5, 0.6) is 0 Å². The van der Waals surface area contributed by atoms with Crippen molar-refractivity contribution in [2.45, 2.75) is 39.2 Å². The molecule has 0 N–H and O–H groups in total. The summed E-state index contributed by atoms with van der Waals surface area (Å²) in [6.07, 6.45) is 6.24. The first-order chi connectivity index (χ1) is 12.4. The molecule has 26 heavy (non-hydrogen) atoms. The van der Waals surface area contributed by atoms with Gasteiger partial charge < -0.3 is 9.64 Å². The Hall–Kier alpha value is -2.34. The van der Waals surface area contributed by atoms with Gasteiger partial charge in [-0.25, -0.2) is 9.97 Å². The smallest absolute Gasteiger partial charge is 0.227 e. The largest absolute Gasteiger partial charge is 0.376 e. The fraction of sp³-hybridized carbons (Fsp3) is 0.500. The van der Waals surface area contributed by atoms with Gasteiger partial charge in [-0.3, -0.25) is 9.78 Å². The van der Waals surface area contributed by atoms with Crippen LogP contribution in [0, 0.1) is 5.41 Å². The van der Waals surface area contributed by atoms with Gasteiger partial charge >= 0.3 is 0 Å². The first-order valence-electron chi connectivity index (χ1n) is 9.03. The monoisotopic (exact) mass is 352 g/mol. The van der Waals surface area contributed by atoms with E-state index in [9.17, 15) is 4.79 Å². The third-order valence-electron chi connectivity index (χ3n) is 5.21. The van der Waals surface area contributed by atoms with E-state index in [1.807, 2.05) is 44.0 Å². The van der Waals surface area contributed by atoms with E-state index in [1.165, 1.54) is 0 Å². The van der Waals surface area contributed by atoms with Crippen molar-refractivity contribution in [3.63, 3.8) is 0 Å². The molecule has 0 saturated carbocycles. The van der Waals surface area contributed by atoms with E-state index in [4.69, 9.17) is 9.72 Å². The summed E-state index contributed by atoms with van der Waals surface area (Å²) < 4.78 is 5.86. The molecule has 0 aliphatic carbocycles. The molecule has 1 spiro atoms. The van der Waals surface area contributed by atoms with Gasteiger partial charge in [0.15, 0.2) is 5.82 Å². The Labute approximate surface area is 153 Å². The summed E-state index contributed by atoms with van der Waals surface area (Å²) >= 11 is 0. The molecule has 0 bridgehead atoms. The number of nitrogens with zero attached hydrogens (tertiary/aromatic N) is 4. The molecular formula is C20H24N4O2. The second-order valence-electron chi connectivity index (χ2n) is 8.31. The van der Waals surface area contributed by atoms with E-state index in [2.05, 4.69) is 9.97 Å². The standard InChI is InChI=1S/C20H24N4O2/c1-19(2,3)18(25)24-8-6-20(12-24)13-26-11-15-10-22-17(23-16(15)20)14-5-4-7-21-9-14/h4-5,7,9-10H,6,8,11-13H2,1-3H3. The molecule has 2 aromatic heterocycles. The van der Waals surface area contributed by atoms with Crippen molar-refractivity contribution in [1.29, 1.82) is 0 Å². The Balaban J connectivity index is 1.70. The third kappa shape index (κ3) is 2.88. The molecule has 4 rings (SSSR count). The minimum atomic E-state index is -0.379. The Morgan fingerprint density at radius 1 is 1.31 bits per heavy atom. The number of pyridine rings is 1. The first kappa shape index (κ1) is 17.1. The molecule has 1 fully saturated rings. The van der Waals surface area contributed by atoms with E-state index in [1.54, 1.807) is 12.4 Å². The lowest BCUT2D eigenvalue weighted by molar-refractivity contribution is -0.138. The molecule has 6 nitrogen and oxygen atoms in total. The third-order valence-corrected chi connectivity index (χ3v) is 5.21. The molecule has 1 atom stereocenters. The molecule has 0 radical (unpaired) electrons. The van der Waals surface area contributed by atoms with E-state index < -0.39 is 0 Å². The Morgan fingerprint density at radius 2 is 2.15 bits per heavy atom. The number of hydrogen-bond acceptors (Lipinski definition) is 5. The van der Waals surface area contributed by atoms with Crippen molar-refractivity contribution in [2.24, 2.45) is 5.41 Å². The molecule has 136 valence electrons. The quantitative estimate of drug-likeness (QED) is 0.789. The van der Waals surface area contributed by atoms with Crippen molar-refractivity contribution in [3.05, 3.63) is 42.0 Å². The second kappa shape index (κ2) is 6.13. The summed E-state index contributed by atoms with van der Waals surface area (Å²) in [6.45, 7) is 8.41. The Kier molecular flexibility index (Phi) is 4.03. The molecule has 1 saturated heterocycles. The summed E-state index contributed by atoms with van der Waals surface area (Å²) in [7, 11) is 0. The number of ether oxygens (including phenoxy) is 1. The highest BCUT2D eigenvalue weighted by atomic mass is 16.5. The van der Waals surface area contributed by atoms with E-state index >= 15 is 0 Å². The number of aromatic nitrogens is 3. The zero-order chi connectivity index (χ0) is 18.4. The van der Waals surface area contributed by atoms with Crippen molar-refractivity contribution in [2.75, 3.05) is 19.7 Å². The molecule has 4 heterocycles. The summed E-state index contributed by atoms with van der Waals surface area (Å²) in [5.74, 6) is 0.863. The average Bonchev–Trinajstić information content (AvgIpc) is 3.06. The lowest BCUT2D eigenvalue weighted by atomic mass is 9.80. The van der Waals surface area contributed by atoms with E-state index in [0.717, 1.165) is 29.8 Å². The Morgan fingerprint density at radius 3 is 2.88 bits per heavy atom. The van der Waals surface area contributed by atoms with Gasteiger partial charge in [0.25, 0.3) is 0 Å². The molecule has 6 heteroatoms. The van der Waals surface area contributed by atoms with Gasteiger partial charge in [-0.2, -0.15) is 0 Å². The van der Waals surface area contributed by atoms with Crippen LogP contribution in [-0.4, -0.2) is 45.5 Å². The predicted molar refractivity (Wildman–Crippen MR) is 97.2 cm³/mol. The molecule has 1 unspecified atom stereocenters. The van der Waals surface area contributed by atoms with Crippen LogP contribution in [0.3, 0.4) is 0 Å². The number of carbonyl (C=O) groups excluding carboxylic acids is 1. The van der Waals surface area contributed by atoms with Crippen molar-refractivity contribution in [1.82, 2.24) is 19.9 Å². The van der Waals surface area contributed by atoms with Gasteiger partial charge in [-0.1, -0.05) is 20.8 Å². The Bertz CT molecular complexity index is 831. The summed E-state index contributed by atoms with van der Waals surface area (Å²) in [5, 5.41) is 0. The van der Waals surface area contributed by atoms with Crippen LogP contribution in [0.4, 0.5) is 0 Å². The van der Waals surface area contributed by atoms with Crippen LogP contribution in [0.2, 0.25) is 0 Å². The number of fused-ring (bicyclic) bond motifs is 2. The van der Waals surface area contributed by atoms with Crippen LogP contribution in [0.1, 0.15) is 38.4 Å². The molecule has 1 amide bonds. The lowest BCUT2D eigenvalue weighted by Crippen LogP contribution is -2.44. The number of rotatable bonds is 1. The number of carbonyl (C=O) groups is 1. The van der Waals surface area contributed by atoms with Crippen LogP contribution in [0.25, 0.3) is 11.4 Å². The molecule has 2 aromatic rings. The molecule has 0 aromatic carbocycles. The molecular weight excluding hydrogens is 328 g/mol. The van der Waals surface area contributed by atoms with E-state index in [0.29, 0.717) is 25.6 Å². The number of hydrogen-bond donors (Lipinski definition) is 0. The minimum Gasteiger partial charge on any atom is -0.376 e. The van der Waals surface area contributed by atoms with Crippen molar-refractivity contribution < 1.29 is 9.53 Å². The highest BCUT2D eigenvalue weighted by molar-refractivity contribution is 5.82. The maximum absolute atomic E-state index is 12.7. The zero-order valence-electron chi connectivity index (χ0n) is 15.5. The number of amides is 1. The predicted octanol–water partition coefficient (Wildman–Crippen LogP) is 2.59. The van der Waals surface area contributed by atoms with Crippen molar-refractivity contribution >= 4 is 5.91 Å². The van der Waals surface area contributed by atoms with Gasteiger partial charge in [-0.15, -0.1) is 0 Å². The van der Waals surface area contributed by atoms with Gasteiger partial charge in [0.1, 0.15) is 0 Å². The van der Waals surface area contributed by atoms with E-state index in [-0.39, 0.29) is 16.7 Å². The normalized spacial score (nSPS) is 22.5. The average molecular weight is 352 g/mol.